The largest absolute Gasteiger partial charge is 0.300 e. The minimum Gasteiger partial charge on any atom is -0.300 e. The Labute approximate surface area is 82.8 Å². The predicted molar refractivity (Wildman–Crippen MR) is 58.9 cm³/mol. The van der Waals surface area contributed by atoms with Crippen molar-refractivity contribution in [3.8, 4) is 0 Å². The average Bonchev–Trinajstić information content (AvgIpc) is 2.15. The van der Waals surface area contributed by atoms with Crippen molar-refractivity contribution < 1.29 is 0 Å². The molecule has 0 aromatic heterocycles. The summed E-state index contributed by atoms with van der Waals surface area (Å²) in [4.78, 5) is 2.65. The molecule has 1 heteroatoms. The Balaban J connectivity index is 2.39. The zero-order valence-electron chi connectivity index (χ0n) is 9.13. The third kappa shape index (κ3) is 3.15. The lowest BCUT2D eigenvalue weighted by Gasteiger charge is -2.38. The van der Waals surface area contributed by atoms with E-state index in [-0.39, 0.29) is 0 Å². The number of hydrogen-bond donors (Lipinski definition) is 0. The molecule has 1 rings (SSSR count). The van der Waals surface area contributed by atoms with Gasteiger partial charge in [0.05, 0.1) is 0 Å². The van der Waals surface area contributed by atoms with Crippen molar-refractivity contribution in [1.82, 2.24) is 4.90 Å². The van der Waals surface area contributed by atoms with Crippen molar-refractivity contribution >= 4 is 0 Å². The van der Waals surface area contributed by atoms with Crippen molar-refractivity contribution in [2.45, 2.75) is 45.6 Å². The van der Waals surface area contributed by atoms with Crippen molar-refractivity contribution in [3.05, 3.63) is 12.7 Å². The first kappa shape index (κ1) is 10.8. The zero-order valence-corrected chi connectivity index (χ0v) is 9.13. The molecule has 1 aliphatic heterocycles. The molecule has 0 saturated carbocycles. The van der Waals surface area contributed by atoms with E-state index in [2.05, 4.69) is 25.3 Å². The highest BCUT2D eigenvalue weighted by Crippen LogP contribution is 2.23. The van der Waals surface area contributed by atoms with E-state index in [1.54, 1.807) is 0 Å². The van der Waals surface area contributed by atoms with E-state index in [9.17, 15) is 0 Å². The third-order valence-electron chi connectivity index (χ3n) is 3.15. The van der Waals surface area contributed by atoms with E-state index in [1.807, 2.05) is 6.08 Å². The Kier molecular flexibility index (Phi) is 4.51. The van der Waals surface area contributed by atoms with E-state index in [0.717, 1.165) is 18.4 Å². The molecule has 1 fully saturated rings. The highest BCUT2D eigenvalue weighted by Gasteiger charge is 2.23. The van der Waals surface area contributed by atoms with Crippen LogP contribution in [0.5, 0.6) is 0 Å². The molecule has 1 nitrogen and oxygen atoms in total. The first-order chi connectivity index (χ1) is 6.27. The molecule has 13 heavy (non-hydrogen) atoms. The Bertz CT molecular complexity index is 153. The van der Waals surface area contributed by atoms with E-state index in [0.29, 0.717) is 0 Å². The van der Waals surface area contributed by atoms with Crippen molar-refractivity contribution in [2.75, 3.05) is 13.1 Å². The van der Waals surface area contributed by atoms with Gasteiger partial charge in [-0.15, -0.1) is 6.58 Å². The zero-order chi connectivity index (χ0) is 9.68. The van der Waals surface area contributed by atoms with Crippen LogP contribution in [0.25, 0.3) is 0 Å². The van der Waals surface area contributed by atoms with Gasteiger partial charge in [0, 0.05) is 19.1 Å². The third-order valence-corrected chi connectivity index (χ3v) is 3.15. The summed E-state index contributed by atoms with van der Waals surface area (Å²) >= 11 is 0. The van der Waals surface area contributed by atoms with Crippen LogP contribution in [0.1, 0.15) is 39.5 Å². The minimum absolute atomic E-state index is 0.844. The Hall–Kier alpha value is -0.300. The fraction of sp³-hybridized carbons (Fsp3) is 0.833. The molecule has 0 aliphatic carbocycles. The standard InChI is InChI=1S/C12H23N/c1-4-6-9-13-10-11(3)7-8-12(13)5-2/h4,11-12H,1,5-10H2,2-3H3/t11-,12?/m0/s1. The van der Waals surface area contributed by atoms with Crippen LogP contribution in [-0.2, 0) is 0 Å². The Morgan fingerprint density at radius 2 is 2.23 bits per heavy atom. The maximum Gasteiger partial charge on any atom is 0.00929 e. The van der Waals surface area contributed by atoms with Crippen LogP contribution in [0.3, 0.4) is 0 Å². The van der Waals surface area contributed by atoms with Crippen LogP contribution >= 0.6 is 0 Å². The second kappa shape index (κ2) is 5.43. The lowest BCUT2D eigenvalue weighted by molar-refractivity contribution is 0.113. The topological polar surface area (TPSA) is 3.24 Å². The molecule has 0 spiro atoms. The highest BCUT2D eigenvalue weighted by atomic mass is 15.2. The molecule has 0 radical (unpaired) electrons. The van der Waals surface area contributed by atoms with Gasteiger partial charge >= 0.3 is 0 Å². The molecule has 2 atom stereocenters. The van der Waals surface area contributed by atoms with Gasteiger partial charge in [-0.2, -0.15) is 0 Å². The van der Waals surface area contributed by atoms with Gasteiger partial charge in [-0.1, -0.05) is 19.9 Å². The smallest absolute Gasteiger partial charge is 0.00929 e. The quantitative estimate of drug-likeness (QED) is 0.602. The van der Waals surface area contributed by atoms with Gasteiger partial charge in [-0.25, -0.2) is 0 Å². The maximum absolute atomic E-state index is 3.79. The molecular weight excluding hydrogens is 158 g/mol. The van der Waals surface area contributed by atoms with Gasteiger partial charge < -0.3 is 0 Å². The van der Waals surface area contributed by atoms with Crippen LogP contribution in [0.15, 0.2) is 12.7 Å². The number of hydrogen-bond acceptors (Lipinski definition) is 1. The summed E-state index contributed by atoms with van der Waals surface area (Å²) in [5.41, 5.74) is 0. The summed E-state index contributed by atoms with van der Waals surface area (Å²) in [5, 5.41) is 0. The van der Waals surface area contributed by atoms with Crippen LogP contribution in [0.4, 0.5) is 0 Å². The summed E-state index contributed by atoms with van der Waals surface area (Å²) in [6, 6.07) is 0.844. The average molecular weight is 181 g/mol. The van der Waals surface area contributed by atoms with Gasteiger partial charge in [0.15, 0.2) is 0 Å². The van der Waals surface area contributed by atoms with Gasteiger partial charge in [-0.05, 0) is 31.6 Å². The fourth-order valence-corrected chi connectivity index (χ4v) is 2.29. The summed E-state index contributed by atoms with van der Waals surface area (Å²) < 4.78 is 0. The van der Waals surface area contributed by atoms with Crippen molar-refractivity contribution in [2.24, 2.45) is 5.92 Å². The Morgan fingerprint density at radius 3 is 2.85 bits per heavy atom. The maximum atomic E-state index is 3.79. The Morgan fingerprint density at radius 1 is 1.46 bits per heavy atom. The summed E-state index contributed by atoms with van der Waals surface area (Å²) in [5.74, 6) is 0.896. The van der Waals surface area contributed by atoms with Crippen LogP contribution in [0, 0.1) is 5.92 Å². The number of likely N-dealkylation sites (tertiary alicyclic amines) is 1. The summed E-state index contributed by atoms with van der Waals surface area (Å²) in [6.07, 6.45) is 7.30. The van der Waals surface area contributed by atoms with Crippen LogP contribution < -0.4 is 0 Å². The van der Waals surface area contributed by atoms with Crippen LogP contribution in [0.2, 0.25) is 0 Å². The molecule has 1 heterocycles. The summed E-state index contributed by atoms with van der Waals surface area (Å²) in [7, 11) is 0. The van der Waals surface area contributed by atoms with Crippen molar-refractivity contribution in [1.29, 1.82) is 0 Å². The lowest BCUT2D eigenvalue weighted by atomic mass is 9.93. The lowest BCUT2D eigenvalue weighted by Crippen LogP contribution is -2.42. The highest BCUT2D eigenvalue weighted by molar-refractivity contribution is 4.81. The molecule has 0 aromatic carbocycles. The van der Waals surface area contributed by atoms with Gasteiger partial charge in [0.25, 0.3) is 0 Å². The van der Waals surface area contributed by atoms with Crippen LogP contribution in [-0.4, -0.2) is 24.0 Å². The molecule has 76 valence electrons. The molecule has 0 bridgehead atoms. The molecule has 0 amide bonds. The predicted octanol–water partition coefficient (Wildman–Crippen LogP) is 3.07. The van der Waals surface area contributed by atoms with Gasteiger partial charge in [-0.3, -0.25) is 4.90 Å². The van der Waals surface area contributed by atoms with E-state index < -0.39 is 0 Å². The molecule has 0 aromatic rings. The number of nitrogens with zero attached hydrogens (tertiary/aromatic N) is 1. The van der Waals surface area contributed by atoms with E-state index in [1.165, 1.54) is 32.4 Å². The normalized spacial score (nSPS) is 30.3. The second-order valence-electron chi connectivity index (χ2n) is 4.32. The number of rotatable bonds is 4. The van der Waals surface area contributed by atoms with E-state index >= 15 is 0 Å². The first-order valence-electron chi connectivity index (χ1n) is 5.62. The minimum atomic E-state index is 0.844. The van der Waals surface area contributed by atoms with Gasteiger partial charge in [0.2, 0.25) is 0 Å². The SMILES string of the molecule is C=CCCN1C[C@@H](C)CCC1CC. The molecule has 1 aliphatic rings. The molecule has 1 saturated heterocycles. The first-order valence-corrected chi connectivity index (χ1v) is 5.62. The van der Waals surface area contributed by atoms with Crippen molar-refractivity contribution in [3.63, 3.8) is 0 Å². The fourth-order valence-electron chi connectivity index (χ4n) is 2.29. The molecule has 1 unspecified atom stereocenters. The molecule has 0 N–H and O–H groups in total. The monoisotopic (exact) mass is 181 g/mol. The van der Waals surface area contributed by atoms with E-state index in [4.69, 9.17) is 0 Å². The molecular formula is C12H23N. The van der Waals surface area contributed by atoms with Gasteiger partial charge in [0.1, 0.15) is 0 Å². The number of piperidine rings is 1. The summed E-state index contributed by atoms with van der Waals surface area (Å²) in [6.45, 7) is 11.0. The second-order valence-corrected chi connectivity index (χ2v) is 4.32.